The number of benzene rings is 2. The number of carboxylic acids is 1. The largest absolute Gasteiger partial charge is 0.481 e. The monoisotopic (exact) mass is 325 g/mol. The molecule has 0 bridgehead atoms. The smallest absolute Gasteiger partial charge is 0.410 e. The average Bonchev–Trinajstić information content (AvgIpc) is 3.08. The van der Waals surface area contributed by atoms with Gasteiger partial charge in [-0.3, -0.25) is 4.79 Å². The van der Waals surface area contributed by atoms with Crippen LogP contribution in [0.25, 0.3) is 0 Å². The fourth-order valence-electron chi connectivity index (χ4n) is 3.07. The van der Waals surface area contributed by atoms with E-state index < -0.39 is 17.5 Å². The van der Waals surface area contributed by atoms with Gasteiger partial charge in [0, 0.05) is 13.1 Å². The van der Waals surface area contributed by atoms with Crippen LogP contribution in [0.15, 0.2) is 60.7 Å². The highest BCUT2D eigenvalue weighted by Gasteiger charge is 2.48. The van der Waals surface area contributed by atoms with Crippen molar-refractivity contribution in [1.82, 2.24) is 4.90 Å². The zero-order valence-corrected chi connectivity index (χ0v) is 13.2. The van der Waals surface area contributed by atoms with Gasteiger partial charge in [0.15, 0.2) is 0 Å². The van der Waals surface area contributed by atoms with E-state index in [-0.39, 0.29) is 13.2 Å². The van der Waals surface area contributed by atoms with Gasteiger partial charge in [0.1, 0.15) is 12.0 Å². The molecule has 2 aromatic carbocycles. The Balaban J connectivity index is 1.69. The fraction of sp³-hybridized carbons (Fsp3) is 0.263. The van der Waals surface area contributed by atoms with Crippen LogP contribution in [0.4, 0.5) is 4.79 Å². The van der Waals surface area contributed by atoms with Crippen LogP contribution in [-0.4, -0.2) is 35.2 Å². The zero-order valence-electron chi connectivity index (χ0n) is 13.2. The van der Waals surface area contributed by atoms with Crippen molar-refractivity contribution in [3.8, 4) is 0 Å². The highest BCUT2D eigenvalue weighted by molar-refractivity contribution is 5.84. The van der Waals surface area contributed by atoms with Gasteiger partial charge in [-0.25, -0.2) is 4.79 Å². The van der Waals surface area contributed by atoms with Crippen LogP contribution in [0.5, 0.6) is 0 Å². The second kappa shape index (κ2) is 6.74. The third-order valence-corrected chi connectivity index (χ3v) is 4.47. The van der Waals surface area contributed by atoms with Crippen LogP contribution in [-0.2, 0) is 21.6 Å². The average molecular weight is 325 g/mol. The summed E-state index contributed by atoms with van der Waals surface area (Å²) in [5.74, 6) is -0.910. The summed E-state index contributed by atoms with van der Waals surface area (Å²) in [5.41, 5.74) is 0.556. The topological polar surface area (TPSA) is 66.8 Å². The molecular formula is C19H19NO4. The first-order valence-corrected chi connectivity index (χ1v) is 7.86. The van der Waals surface area contributed by atoms with Crippen LogP contribution in [0, 0.1) is 0 Å². The lowest BCUT2D eigenvalue weighted by Gasteiger charge is -2.25. The molecule has 3 rings (SSSR count). The molecule has 5 heteroatoms. The summed E-state index contributed by atoms with van der Waals surface area (Å²) in [7, 11) is 0. The highest BCUT2D eigenvalue weighted by atomic mass is 16.6. The van der Waals surface area contributed by atoms with Crippen molar-refractivity contribution in [2.75, 3.05) is 13.1 Å². The molecule has 5 nitrogen and oxygen atoms in total. The van der Waals surface area contributed by atoms with Crippen LogP contribution >= 0.6 is 0 Å². The molecule has 1 amide bonds. The Morgan fingerprint density at radius 1 is 1.04 bits per heavy atom. The molecule has 1 atom stereocenters. The zero-order chi connectivity index (χ0) is 17.0. The first-order valence-electron chi connectivity index (χ1n) is 7.86. The minimum absolute atomic E-state index is 0.125. The highest BCUT2D eigenvalue weighted by Crippen LogP contribution is 2.35. The summed E-state index contributed by atoms with van der Waals surface area (Å²) in [6, 6.07) is 18.5. The van der Waals surface area contributed by atoms with Crippen LogP contribution in [0.2, 0.25) is 0 Å². The van der Waals surface area contributed by atoms with Crippen molar-refractivity contribution in [1.29, 1.82) is 0 Å². The van der Waals surface area contributed by atoms with Crippen molar-refractivity contribution >= 4 is 12.1 Å². The predicted octanol–water partition coefficient (Wildman–Crippen LogP) is 3.05. The van der Waals surface area contributed by atoms with Crippen molar-refractivity contribution in [2.24, 2.45) is 0 Å². The molecule has 0 saturated carbocycles. The van der Waals surface area contributed by atoms with Gasteiger partial charge in [0.05, 0.1) is 0 Å². The normalized spacial score (nSPS) is 19.9. The molecule has 0 aliphatic carbocycles. The van der Waals surface area contributed by atoms with Gasteiger partial charge in [0.25, 0.3) is 0 Å². The molecule has 124 valence electrons. The number of likely N-dealkylation sites (tertiary alicyclic amines) is 1. The molecule has 1 aliphatic heterocycles. The first kappa shape index (κ1) is 16.1. The maximum atomic E-state index is 12.3. The fourth-order valence-corrected chi connectivity index (χ4v) is 3.07. The van der Waals surface area contributed by atoms with Gasteiger partial charge in [-0.2, -0.15) is 0 Å². The van der Waals surface area contributed by atoms with E-state index in [1.54, 1.807) is 12.1 Å². The number of nitrogens with zero attached hydrogens (tertiary/aromatic N) is 1. The number of aliphatic carboxylic acids is 1. The molecule has 0 aromatic heterocycles. The van der Waals surface area contributed by atoms with E-state index in [1.165, 1.54) is 4.90 Å². The Morgan fingerprint density at radius 3 is 2.29 bits per heavy atom. The number of hydrogen-bond acceptors (Lipinski definition) is 3. The van der Waals surface area contributed by atoms with Gasteiger partial charge < -0.3 is 14.7 Å². The molecule has 1 N–H and O–H groups in total. The molecule has 1 fully saturated rings. The summed E-state index contributed by atoms with van der Waals surface area (Å²) in [5, 5.41) is 9.75. The summed E-state index contributed by atoms with van der Waals surface area (Å²) >= 11 is 0. The second-order valence-electron chi connectivity index (χ2n) is 5.97. The molecule has 0 spiro atoms. The van der Waals surface area contributed by atoms with Crippen molar-refractivity contribution in [3.05, 3.63) is 71.8 Å². The van der Waals surface area contributed by atoms with E-state index in [2.05, 4.69) is 0 Å². The number of hydrogen-bond donors (Lipinski definition) is 1. The molecule has 0 radical (unpaired) electrons. The van der Waals surface area contributed by atoms with Gasteiger partial charge in [0.2, 0.25) is 0 Å². The third kappa shape index (κ3) is 3.11. The Hall–Kier alpha value is -2.82. The summed E-state index contributed by atoms with van der Waals surface area (Å²) in [6.07, 6.45) is -0.0924. The summed E-state index contributed by atoms with van der Waals surface area (Å²) in [6.45, 7) is 0.677. The van der Waals surface area contributed by atoms with Crippen LogP contribution < -0.4 is 0 Å². The summed E-state index contributed by atoms with van der Waals surface area (Å²) < 4.78 is 5.32. The number of amides is 1. The SMILES string of the molecule is O=C(OCc1ccccc1)N1CCC(C(=O)O)(c2ccccc2)C1. The third-order valence-electron chi connectivity index (χ3n) is 4.47. The molecule has 1 aliphatic rings. The molecule has 1 heterocycles. The standard InChI is InChI=1S/C19H19NO4/c21-17(22)19(16-9-5-2-6-10-16)11-12-20(14-19)18(23)24-13-15-7-3-1-4-8-15/h1-10H,11-14H2,(H,21,22). The predicted molar refractivity (Wildman–Crippen MR) is 88.6 cm³/mol. The number of ether oxygens (including phenoxy) is 1. The number of carboxylic acid groups (broad SMARTS) is 1. The lowest BCUT2D eigenvalue weighted by atomic mass is 9.80. The molecule has 24 heavy (non-hydrogen) atoms. The van der Waals surface area contributed by atoms with E-state index in [1.807, 2.05) is 48.5 Å². The van der Waals surface area contributed by atoms with Gasteiger partial charge in [-0.1, -0.05) is 60.7 Å². The van der Waals surface area contributed by atoms with Crippen molar-refractivity contribution < 1.29 is 19.4 Å². The molecular weight excluding hydrogens is 306 g/mol. The van der Waals surface area contributed by atoms with E-state index in [9.17, 15) is 14.7 Å². The van der Waals surface area contributed by atoms with Gasteiger partial charge in [-0.05, 0) is 17.5 Å². The second-order valence-corrected chi connectivity index (χ2v) is 5.97. The molecule has 2 aromatic rings. The Morgan fingerprint density at radius 2 is 1.67 bits per heavy atom. The number of carbonyl (C=O) groups excluding carboxylic acids is 1. The minimum Gasteiger partial charge on any atom is -0.481 e. The maximum absolute atomic E-state index is 12.3. The number of rotatable bonds is 4. The Labute approximate surface area is 140 Å². The van der Waals surface area contributed by atoms with Crippen molar-refractivity contribution in [3.63, 3.8) is 0 Å². The molecule has 1 unspecified atom stereocenters. The van der Waals surface area contributed by atoms with Crippen molar-refractivity contribution in [2.45, 2.75) is 18.4 Å². The maximum Gasteiger partial charge on any atom is 0.410 e. The molecule has 1 saturated heterocycles. The summed E-state index contributed by atoms with van der Waals surface area (Å²) in [4.78, 5) is 25.6. The van der Waals surface area contributed by atoms with Crippen LogP contribution in [0.1, 0.15) is 17.5 Å². The van der Waals surface area contributed by atoms with Gasteiger partial charge >= 0.3 is 12.1 Å². The number of carbonyl (C=O) groups is 2. The van der Waals surface area contributed by atoms with Crippen LogP contribution in [0.3, 0.4) is 0 Å². The quantitative estimate of drug-likeness (QED) is 0.938. The Kier molecular flexibility index (Phi) is 4.51. The lowest BCUT2D eigenvalue weighted by Crippen LogP contribution is -2.40. The Bertz CT molecular complexity index is 717. The van der Waals surface area contributed by atoms with Gasteiger partial charge in [-0.15, -0.1) is 0 Å². The van der Waals surface area contributed by atoms with E-state index >= 15 is 0 Å². The van der Waals surface area contributed by atoms with E-state index in [0.29, 0.717) is 13.0 Å². The lowest BCUT2D eigenvalue weighted by molar-refractivity contribution is -0.143. The van der Waals surface area contributed by atoms with E-state index in [4.69, 9.17) is 4.74 Å². The first-order chi connectivity index (χ1) is 11.6. The minimum atomic E-state index is -1.06. The van der Waals surface area contributed by atoms with E-state index in [0.717, 1.165) is 11.1 Å².